The summed E-state index contributed by atoms with van der Waals surface area (Å²) >= 11 is 0. The molecular weight excluding hydrogens is 254 g/mol. The standard InChI is InChI=1S/C16H21NO3/c1-16(2,3)13(11-15(19)20)17-14(18)10-9-12-7-5-4-6-8-12/h4-10,13H,11H2,1-3H3,(H,17,18)(H,19,20)/b10-9+. The van der Waals surface area contributed by atoms with Crippen molar-refractivity contribution in [2.24, 2.45) is 5.41 Å². The number of aliphatic carboxylic acids is 1. The second-order valence-electron chi connectivity index (χ2n) is 5.77. The van der Waals surface area contributed by atoms with Crippen molar-refractivity contribution >= 4 is 18.0 Å². The molecule has 0 aliphatic rings. The summed E-state index contributed by atoms with van der Waals surface area (Å²) in [4.78, 5) is 22.7. The lowest BCUT2D eigenvalue weighted by molar-refractivity contribution is -0.138. The van der Waals surface area contributed by atoms with Gasteiger partial charge >= 0.3 is 5.97 Å². The highest BCUT2D eigenvalue weighted by atomic mass is 16.4. The normalized spacial score (nSPS) is 13.2. The molecule has 2 N–H and O–H groups in total. The quantitative estimate of drug-likeness (QED) is 0.812. The van der Waals surface area contributed by atoms with Gasteiger partial charge in [-0.15, -0.1) is 0 Å². The van der Waals surface area contributed by atoms with E-state index >= 15 is 0 Å². The first-order valence-electron chi connectivity index (χ1n) is 6.54. The zero-order chi connectivity index (χ0) is 15.2. The third-order valence-electron chi connectivity index (χ3n) is 2.97. The van der Waals surface area contributed by atoms with Crippen LogP contribution in [0.15, 0.2) is 36.4 Å². The molecule has 1 unspecified atom stereocenters. The van der Waals surface area contributed by atoms with E-state index in [1.807, 2.05) is 51.1 Å². The van der Waals surface area contributed by atoms with E-state index in [9.17, 15) is 9.59 Å². The van der Waals surface area contributed by atoms with Gasteiger partial charge in [0.1, 0.15) is 0 Å². The summed E-state index contributed by atoms with van der Waals surface area (Å²) < 4.78 is 0. The molecule has 1 rings (SSSR count). The fourth-order valence-electron chi connectivity index (χ4n) is 1.70. The number of carboxylic acids is 1. The van der Waals surface area contributed by atoms with Gasteiger partial charge in [0.05, 0.1) is 6.42 Å². The number of nitrogens with one attached hydrogen (secondary N) is 1. The summed E-state index contributed by atoms with van der Waals surface area (Å²) in [6, 6.07) is 9.05. The third-order valence-corrected chi connectivity index (χ3v) is 2.97. The maximum Gasteiger partial charge on any atom is 0.305 e. The SMILES string of the molecule is CC(C)(C)C(CC(=O)O)NC(=O)/C=C/c1ccccc1. The molecule has 1 aromatic carbocycles. The lowest BCUT2D eigenvalue weighted by atomic mass is 9.84. The molecule has 1 atom stereocenters. The third kappa shape index (κ3) is 5.69. The largest absolute Gasteiger partial charge is 0.481 e. The van der Waals surface area contributed by atoms with Gasteiger partial charge in [-0.2, -0.15) is 0 Å². The lowest BCUT2D eigenvalue weighted by Crippen LogP contribution is -2.44. The Balaban J connectivity index is 2.67. The molecule has 0 aliphatic carbocycles. The number of carboxylic acid groups (broad SMARTS) is 1. The number of carbonyl (C=O) groups is 2. The number of hydrogen-bond acceptors (Lipinski definition) is 2. The molecule has 0 saturated heterocycles. The Hall–Kier alpha value is -2.10. The summed E-state index contributed by atoms with van der Waals surface area (Å²) in [6.07, 6.45) is 3.04. The van der Waals surface area contributed by atoms with Crippen molar-refractivity contribution in [2.75, 3.05) is 0 Å². The van der Waals surface area contributed by atoms with Crippen molar-refractivity contribution in [3.63, 3.8) is 0 Å². The molecule has 0 aliphatic heterocycles. The van der Waals surface area contributed by atoms with Crippen LogP contribution in [-0.2, 0) is 9.59 Å². The van der Waals surface area contributed by atoms with Gasteiger partial charge in [0.25, 0.3) is 0 Å². The summed E-state index contributed by atoms with van der Waals surface area (Å²) in [5.41, 5.74) is 0.613. The van der Waals surface area contributed by atoms with E-state index in [0.717, 1.165) is 5.56 Å². The number of carbonyl (C=O) groups excluding carboxylic acids is 1. The van der Waals surface area contributed by atoms with Crippen LogP contribution in [0.1, 0.15) is 32.8 Å². The average molecular weight is 275 g/mol. The van der Waals surface area contributed by atoms with Gasteiger partial charge in [0.15, 0.2) is 0 Å². The fourth-order valence-corrected chi connectivity index (χ4v) is 1.70. The molecule has 0 radical (unpaired) electrons. The van der Waals surface area contributed by atoms with Crippen LogP contribution < -0.4 is 5.32 Å². The minimum atomic E-state index is -0.919. The molecule has 0 bridgehead atoms. The highest BCUT2D eigenvalue weighted by Gasteiger charge is 2.27. The summed E-state index contributed by atoms with van der Waals surface area (Å²) in [5.74, 6) is -1.20. The predicted molar refractivity (Wildman–Crippen MR) is 79.1 cm³/mol. The summed E-state index contributed by atoms with van der Waals surface area (Å²) in [6.45, 7) is 5.71. The van der Waals surface area contributed by atoms with Crippen LogP contribution in [0.5, 0.6) is 0 Å². The number of rotatable bonds is 5. The van der Waals surface area contributed by atoms with Crippen molar-refractivity contribution < 1.29 is 14.7 Å². The molecule has 0 saturated carbocycles. The second kappa shape index (κ2) is 6.89. The second-order valence-corrected chi connectivity index (χ2v) is 5.77. The van der Waals surface area contributed by atoms with Crippen LogP contribution in [0.4, 0.5) is 0 Å². The summed E-state index contributed by atoms with van der Waals surface area (Å²) in [7, 11) is 0. The van der Waals surface area contributed by atoms with E-state index in [1.54, 1.807) is 6.08 Å². The predicted octanol–water partition coefficient (Wildman–Crippen LogP) is 2.71. The highest BCUT2D eigenvalue weighted by Crippen LogP contribution is 2.21. The van der Waals surface area contributed by atoms with E-state index in [4.69, 9.17) is 5.11 Å². The molecule has 0 fully saturated rings. The first-order chi connectivity index (χ1) is 9.29. The Morgan fingerprint density at radius 3 is 2.35 bits per heavy atom. The number of benzene rings is 1. The Morgan fingerprint density at radius 1 is 1.25 bits per heavy atom. The van der Waals surface area contributed by atoms with Gasteiger partial charge in [0, 0.05) is 12.1 Å². The van der Waals surface area contributed by atoms with Gasteiger partial charge in [-0.25, -0.2) is 0 Å². The molecular formula is C16H21NO3. The number of hydrogen-bond donors (Lipinski definition) is 2. The van der Waals surface area contributed by atoms with Crippen molar-refractivity contribution in [3.05, 3.63) is 42.0 Å². The van der Waals surface area contributed by atoms with E-state index in [0.29, 0.717) is 0 Å². The summed E-state index contributed by atoms with van der Waals surface area (Å²) in [5, 5.41) is 11.7. The van der Waals surface area contributed by atoms with Gasteiger partial charge in [-0.3, -0.25) is 9.59 Å². The molecule has 4 heteroatoms. The van der Waals surface area contributed by atoms with Gasteiger partial charge in [0.2, 0.25) is 5.91 Å². The van der Waals surface area contributed by atoms with Crippen molar-refractivity contribution in [3.8, 4) is 0 Å². The van der Waals surface area contributed by atoms with Gasteiger partial charge in [-0.1, -0.05) is 51.1 Å². The zero-order valence-electron chi connectivity index (χ0n) is 12.1. The first-order valence-corrected chi connectivity index (χ1v) is 6.54. The smallest absolute Gasteiger partial charge is 0.305 e. The molecule has 0 heterocycles. The molecule has 0 aromatic heterocycles. The first kappa shape index (κ1) is 16.0. The number of amides is 1. The van der Waals surface area contributed by atoms with Crippen LogP contribution in [-0.4, -0.2) is 23.0 Å². The maximum absolute atomic E-state index is 11.9. The average Bonchev–Trinajstić information content (AvgIpc) is 2.35. The fraction of sp³-hybridized carbons (Fsp3) is 0.375. The van der Waals surface area contributed by atoms with Crippen molar-refractivity contribution in [1.29, 1.82) is 0 Å². The van der Waals surface area contributed by atoms with Gasteiger partial charge in [-0.05, 0) is 17.1 Å². The monoisotopic (exact) mass is 275 g/mol. The molecule has 1 aromatic rings. The van der Waals surface area contributed by atoms with Crippen LogP contribution in [0.25, 0.3) is 6.08 Å². The van der Waals surface area contributed by atoms with Crippen LogP contribution >= 0.6 is 0 Å². The molecule has 1 amide bonds. The molecule has 20 heavy (non-hydrogen) atoms. The Labute approximate surface area is 119 Å². The topological polar surface area (TPSA) is 66.4 Å². The molecule has 0 spiro atoms. The van der Waals surface area contributed by atoms with Crippen LogP contribution in [0.2, 0.25) is 0 Å². The molecule has 108 valence electrons. The van der Waals surface area contributed by atoms with Crippen molar-refractivity contribution in [2.45, 2.75) is 33.2 Å². The molecule has 4 nitrogen and oxygen atoms in total. The van der Waals surface area contributed by atoms with E-state index in [2.05, 4.69) is 5.32 Å². The Morgan fingerprint density at radius 2 is 1.85 bits per heavy atom. The minimum Gasteiger partial charge on any atom is -0.481 e. The van der Waals surface area contributed by atoms with E-state index in [-0.39, 0.29) is 17.7 Å². The zero-order valence-corrected chi connectivity index (χ0v) is 12.1. The van der Waals surface area contributed by atoms with Crippen LogP contribution in [0, 0.1) is 5.41 Å². The minimum absolute atomic E-state index is 0.0889. The maximum atomic E-state index is 11.9. The Bertz CT molecular complexity index is 486. The van der Waals surface area contributed by atoms with Gasteiger partial charge < -0.3 is 10.4 Å². The Kier molecular flexibility index (Phi) is 5.50. The highest BCUT2D eigenvalue weighted by molar-refractivity contribution is 5.92. The van der Waals surface area contributed by atoms with E-state index < -0.39 is 12.0 Å². The van der Waals surface area contributed by atoms with Crippen molar-refractivity contribution in [1.82, 2.24) is 5.32 Å². The van der Waals surface area contributed by atoms with E-state index in [1.165, 1.54) is 6.08 Å². The van der Waals surface area contributed by atoms with Crippen LogP contribution in [0.3, 0.4) is 0 Å². The lowest BCUT2D eigenvalue weighted by Gasteiger charge is -2.29.